The van der Waals surface area contributed by atoms with E-state index in [4.69, 9.17) is 36.1 Å². The predicted molar refractivity (Wildman–Crippen MR) is 129 cm³/mol. The fourth-order valence-electron chi connectivity index (χ4n) is 4.29. The van der Waals surface area contributed by atoms with E-state index in [0.29, 0.717) is 29.3 Å². The van der Waals surface area contributed by atoms with Crippen LogP contribution in [0.2, 0.25) is 5.02 Å². The van der Waals surface area contributed by atoms with Gasteiger partial charge < -0.3 is 29.0 Å². The molecule has 12 heteroatoms. The van der Waals surface area contributed by atoms with Crippen molar-refractivity contribution in [3.63, 3.8) is 0 Å². The topological polar surface area (TPSA) is 101 Å². The third kappa shape index (κ3) is 8.12. The van der Waals surface area contributed by atoms with E-state index in [1.165, 1.54) is 6.07 Å². The summed E-state index contributed by atoms with van der Waals surface area (Å²) in [5, 5.41) is 19.3. The molecule has 1 N–H and O–H groups in total. The molecule has 0 bridgehead atoms. The molecule has 7 nitrogen and oxygen atoms in total. The second kappa shape index (κ2) is 13.5. The van der Waals surface area contributed by atoms with Gasteiger partial charge in [0.05, 0.1) is 28.6 Å². The monoisotopic (exact) mass is 579 g/mol. The van der Waals surface area contributed by atoms with Gasteiger partial charge in [0.15, 0.2) is 0 Å². The number of rotatable bonds is 7. The van der Waals surface area contributed by atoms with Crippen molar-refractivity contribution in [1.82, 2.24) is 4.57 Å². The van der Waals surface area contributed by atoms with Gasteiger partial charge in [0.2, 0.25) is 0 Å². The van der Waals surface area contributed by atoms with Gasteiger partial charge in [0.25, 0.3) is 0 Å². The second-order valence-electron chi connectivity index (χ2n) is 8.89. The molecule has 0 amide bonds. The van der Waals surface area contributed by atoms with E-state index < -0.39 is 23.7 Å². The molecule has 1 aliphatic rings. The molecule has 0 saturated carbocycles. The van der Waals surface area contributed by atoms with Crippen LogP contribution in [0.3, 0.4) is 0 Å². The molecule has 0 unspecified atom stereocenters. The zero-order valence-corrected chi connectivity index (χ0v) is 25.3. The quantitative estimate of drug-likeness (QED) is 0.432. The smallest absolute Gasteiger partial charge is 0.550 e. The summed E-state index contributed by atoms with van der Waals surface area (Å²) in [6.45, 7) is 4.92. The van der Waals surface area contributed by atoms with Crippen LogP contribution in [0.5, 0.6) is 11.5 Å². The van der Waals surface area contributed by atoms with Crippen LogP contribution < -0.4 is 66.0 Å². The number of carbonyl (C=O) groups excluding carboxylic acids is 1. The normalized spacial score (nSPS) is 14.4. The fourth-order valence-corrected chi connectivity index (χ4v) is 4.69. The van der Waals surface area contributed by atoms with Crippen LogP contribution >= 0.6 is 11.6 Å². The summed E-state index contributed by atoms with van der Waals surface area (Å²) < 4.78 is 53.5. The first kappa shape index (κ1) is 32.4. The summed E-state index contributed by atoms with van der Waals surface area (Å²) in [5.74, 6) is -1.87. The number of hydrogen-bond acceptors (Lipinski definition) is 5. The number of nitrogens with zero attached hydrogens (tertiary/aromatic N) is 1. The van der Waals surface area contributed by atoms with Crippen molar-refractivity contribution in [2.24, 2.45) is 0 Å². The summed E-state index contributed by atoms with van der Waals surface area (Å²) in [7, 11) is 0. The van der Waals surface area contributed by atoms with Gasteiger partial charge in [-0.2, -0.15) is 13.2 Å². The molecule has 2 aromatic carbocycles. The fraction of sp³-hybridized carbons (Fsp3) is 0.385. The minimum atomic E-state index is -4.55. The summed E-state index contributed by atoms with van der Waals surface area (Å²) in [6.07, 6.45) is -4.21. The molecule has 0 spiro atoms. The van der Waals surface area contributed by atoms with Crippen LogP contribution in [0.1, 0.15) is 56.4 Å². The Morgan fingerprint density at radius 1 is 1.21 bits per heavy atom. The molecule has 4 rings (SSSR count). The Kier molecular flexibility index (Phi) is 11.6. The van der Waals surface area contributed by atoms with Crippen LogP contribution in [0.25, 0.3) is 10.9 Å². The van der Waals surface area contributed by atoms with E-state index in [1.54, 1.807) is 32.0 Å². The standard InChI is InChI=1S/C24H23ClF3NO4.C2H4O2.K/c1-13(2)33-20-6-3-14(9-18(20)24(26,27)28)12-32-16-4-5-19-17(11-16)22(25)23-15(10-21(30)31)7-8-29(19)23;1-2(3)4;/h3-6,9,11,13,15H,7-8,10,12H2,1-2H3,(H,30,31);1H3,(H,3,4);/q;;+1/p-1/t15-;;/m1../s1. The van der Waals surface area contributed by atoms with Crippen molar-refractivity contribution in [2.75, 3.05) is 0 Å². The first-order valence-corrected chi connectivity index (χ1v) is 11.9. The van der Waals surface area contributed by atoms with E-state index in [-0.39, 0.29) is 82.2 Å². The predicted octanol–water partition coefficient (Wildman–Crippen LogP) is 2.40. The Morgan fingerprint density at radius 3 is 2.45 bits per heavy atom. The van der Waals surface area contributed by atoms with Crippen molar-refractivity contribution >= 4 is 34.4 Å². The van der Waals surface area contributed by atoms with Crippen molar-refractivity contribution < 1.29 is 93.8 Å². The Hall–Kier alpha value is -1.76. The number of halogens is 4. The van der Waals surface area contributed by atoms with E-state index >= 15 is 0 Å². The summed E-state index contributed by atoms with van der Waals surface area (Å²) in [5.41, 5.74) is 1.20. The van der Waals surface area contributed by atoms with E-state index in [0.717, 1.165) is 29.6 Å². The van der Waals surface area contributed by atoms with E-state index in [1.807, 2.05) is 10.6 Å². The molecule has 0 fully saturated rings. The summed E-state index contributed by atoms with van der Waals surface area (Å²) in [4.78, 5) is 20.1. The average Bonchev–Trinajstić information content (AvgIpc) is 3.30. The van der Waals surface area contributed by atoms with Crippen LogP contribution in [0, 0.1) is 0 Å². The summed E-state index contributed by atoms with van der Waals surface area (Å²) >= 11 is 6.59. The number of ether oxygens (including phenoxy) is 2. The third-order valence-electron chi connectivity index (χ3n) is 5.64. The van der Waals surface area contributed by atoms with Gasteiger partial charge in [-0.15, -0.1) is 0 Å². The van der Waals surface area contributed by atoms with Crippen LogP contribution in [0.15, 0.2) is 36.4 Å². The number of alkyl halides is 3. The average molecular weight is 580 g/mol. The molecule has 1 aromatic heterocycles. The first-order chi connectivity index (χ1) is 17.3. The number of fused-ring (bicyclic) bond motifs is 3. The molecule has 0 aliphatic carbocycles. The summed E-state index contributed by atoms with van der Waals surface area (Å²) in [6, 6.07) is 9.19. The molecule has 200 valence electrons. The molecular formula is C26H26ClF3KNO6. The Balaban J connectivity index is 0.000000947. The number of carboxylic acids is 2. The van der Waals surface area contributed by atoms with Gasteiger partial charge in [0, 0.05) is 29.5 Å². The zero-order chi connectivity index (χ0) is 27.5. The minimum absolute atomic E-state index is 0. The van der Waals surface area contributed by atoms with Gasteiger partial charge in [0.1, 0.15) is 18.1 Å². The van der Waals surface area contributed by atoms with Gasteiger partial charge in [-0.1, -0.05) is 17.7 Å². The van der Waals surface area contributed by atoms with E-state index in [9.17, 15) is 18.0 Å². The molecule has 38 heavy (non-hydrogen) atoms. The Morgan fingerprint density at radius 2 is 1.87 bits per heavy atom. The number of benzene rings is 2. The zero-order valence-electron chi connectivity index (χ0n) is 21.4. The van der Waals surface area contributed by atoms with Crippen LogP contribution in [-0.2, 0) is 28.9 Å². The third-order valence-corrected chi connectivity index (χ3v) is 6.03. The van der Waals surface area contributed by atoms with Gasteiger partial charge in [-0.25, -0.2) is 0 Å². The van der Waals surface area contributed by atoms with Crippen LogP contribution in [-0.4, -0.2) is 27.7 Å². The maximum Gasteiger partial charge on any atom is 1.00 e. The molecular weight excluding hydrogens is 554 g/mol. The number of aliphatic carboxylic acids is 2. The minimum Gasteiger partial charge on any atom is -0.550 e. The van der Waals surface area contributed by atoms with Gasteiger partial charge >= 0.3 is 63.5 Å². The van der Waals surface area contributed by atoms with Crippen LogP contribution in [0.4, 0.5) is 13.2 Å². The molecule has 0 radical (unpaired) electrons. The maximum absolute atomic E-state index is 13.5. The maximum atomic E-state index is 13.5. The molecule has 1 aliphatic heterocycles. The number of carboxylic acid groups (broad SMARTS) is 2. The van der Waals surface area contributed by atoms with E-state index in [2.05, 4.69) is 0 Å². The first-order valence-electron chi connectivity index (χ1n) is 11.5. The number of aryl methyl sites for hydroxylation is 1. The van der Waals surface area contributed by atoms with Crippen molar-refractivity contribution in [1.29, 1.82) is 0 Å². The number of hydrogen-bond donors (Lipinski definition) is 1. The van der Waals surface area contributed by atoms with Crippen molar-refractivity contribution in [3.05, 3.63) is 58.2 Å². The Bertz CT molecular complexity index is 1300. The Labute approximate surface area is 265 Å². The molecule has 2 heterocycles. The number of aromatic nitrogens is 1. The molecule has 0 saturated heterocycles. The van der Waals surface area contributed by atoms with Crippen molar-refractivity contribution in [3.8, 4) is 11.5 Å². The largest absolute Gasteiger partial charge is 1.00 e. The van der Waals surface area contributed by atoms with Gasteiger partial charge in [-0.05, 0) is 63.1 Å². The molecule has 3 aromatic rings. The molecule has 1 atom stereocenters. The van der Waals surface area contributed by atoms with Crippen molar-refractivity contribution in [2.45, 2.75) is 65.0 Å². The number of carbonyl (C=O) groups is 2. The second-order valence-corrected chi connectivity index (χ2v) is 9.27. The van der Waals surface area contributed by atoms with Gasteiger partial charge in [-0.3, -0.25) is 4.79 Å². The SMILES string of the molecule is CC(=O)[O-].CC(C)Oc1ccc(COc2ccc3c(c2)c(Cl)c2n3CC[C@@H]2CC(=O)O)cc1C(F)(F)F.[K+].